The third kappa shape index (κ3) is 1.89. The monoisotopic (exact) mass is 277 g/mol. The molecule has 0 bridgehead atoms. The van der Waals surface area contributed by atoms with E-state index in [4.69, 9.17) is 5.73 Å². The Morgan fingerprint density at radius 3 is 2.35 bits per heavy atom. The SMILES string of the molecule is Nc1c(-c2ccccc2)nc2c(C(F)(F)F)cccn12. The Bertz CT molecular complexity index is 760. The van der Waals surface area contributed by atoms with Gasteiger partial charge in [-0.2, -0.15) is 13.2 Å². The average molecular weight is 277 g/mol. The first kappa shape index (κ1) is 12.5. The number of fused-ring (bicyclic) bond motifs is 1. The maximum absolute atomic E-state index is 13.0. The van der Waals surface area contributed by atoms with E-state index in [-0.39, 0.29) is 11.5 Å². The molecule has 3 rings (SSSR count). The first-order chi connectivity index (χ1) is 9.48. The molecule has 6 heteroatoms. The number of hydrogen-bond donors (Lipinski definition) is 1. The van der Waals surface area contributed by atoms with E-state index in [2.05, 4.69) is 4.98 Å². The zero-order valence-corrected chi connectivity index (χ0v) is 10.2. The average Bonchev–Trinajstić information content (AvgIpc) is 2.76. The minimum atomic E-state index is -4.46. The first-order valence-corrected chi connectivity index (χ1v) is 5.87. The molecule has 0 saturated heterocycles. The van der Waals surface area contributed by atoms with Crippen LogP contribution in [0.3, 0.4) is 0 Å². The van der Waals surface area contributed by atoms with Crippen molar-refractivity contribution >= 4 is 11.5 Å². The first-order valence-electron chi connectivity index (χ1n) is 5.87. The van der Waals surface area contributed by atoms with Gasteiger partial charge in [0.25, 0.3) is 0 Å². The molecule has 0 aliphatic rings. The summed E-state index contributed by atoms with van der Waals surface area (Å²) < 4.78 is 40.2. The lowest BCUT2D eigenvalue weighted by molar-refractivity contribution is -0.136. The van der Waals surface area contributed by atoms with Crippen LogP contribution >= 0.6 is 0 Å². The Labute approximate surface area is 112 Å². The van der Waals surface area contributed by atoms with E-state index in [0.29, 0.717) is 11.3 Å². The summed E-state index contributed by atoms with van der Waals surface area (Å²) in [4.78, 5) is 4.07. The third-order valence-corrected chi connectivity index (χ3v) is 3.04. The molecule has 3 nitrogen and oxygen atoms in total. The van der Waals surface area contributed by atoms with Gasteiger partial charge in [0.15, 0.2) is 5.65 Å². The molecule has 0 aliphatic carbocycles. The van der Waals surface area contributed by atoms with Gasteiger partial charge >= 0.3 is 6.18 Å². The fourth-order valence-corrected chi connectivity index (χ4v) is 2.12. The van der Waals surface area contributed by atoms with Crippen LogP contribution in [0.5, 0.6) is 0 Å². The van der Waals surface area contributed by atoms with E-state index >= 15 is 0 Å². The molecule has 0 radical (unpaired) electrons. The zero-order valence-electron chi connectivity index (χ0n) is 10.2. The van der Waals surface area contributed by atoms with Gasteiger partial charge in [0.1, 0.15) is 11.5 Å². The lowest BCUT2D eigenvalue weighted by Crippen LogP contribution is -2.07. The molecular weight excluding hydrogens is 267 g/mol. The number of hydrogen-bond acceptors (Lipinski definition) is 2. The number of aromatic nitrogens is 2. The smallest absolute Gasteiger partial charge is 0.383 e. The highest BCUT2D eigenvalue weighted by Gasteiger charge is 2.34. The van der Waals surface area contributed by atoms with Gasteiger partial charge in [-0.15, -0.1) is 0 Å². The maximum Gasteiger partial charge on any atom is 0.419 e. The van der Waals surface area contributed by atoms with Crippen molar-refractivity contribution in [1.29, 1.82) is 0 Å². The highest BCUT2D eigenvalue weighted by Crippen LogP contribution is 2.35. The molecule has 0 saturated carbocycles. The van der Waals surface area contributed by atoms with Gasteiger partial charge < -0.3 is 5.73 Å². The Hall–Kier alpha value is -2.50. The second-order valence-corrected chi connectivity index (χ2v) is 4.32. The van der Waals surface area contributed by atoms with Gasteiger partial charge in [-0.05, 0) is 12.1 Å². The molecule has 0 atom stereocenters. The van der Waals surface area contributed by atoms with Crippen molar-refractivity contribution in [2.45, 2.75) is 6.18 Å². The van der Waals surface area contributed by atoms with Crippen LogP contribution in [0.15, 0.2) is 48.7 Å². The highest BCUT2D eigenvalue weighted by atomic mass is 19.4. The largest absolute Gasteiger partial charge is 0.419 e. The Morgan fingerprint density at radius 2 is 1.70 bits per heavy atom. The number of rotatable bonds is 1. The molecule has 0 unspecified atom stereocenters. The molecule has 0 spiro atoms. The van der Waals surface area contributed by atoms with E-state index in [9.17, 15) is 13.2 Å². The molecule has 1 aromatic carbocycles. The second-order valence-electron chi connectivity index (χ2n) is 4.32. The second kappa shape index (κ2) is 4.26. The lowest BCUT2D eigenvalue weighted by Gasteiger charge is -2.07. The van der Waals surface area contributed by atoms with E-state index in [0.717, 1.165) is 6.07 Å². The van der Waals surface area contributed by atoms with Crippen molar-refractivity contribution in [3.63, 3.8) is 0 Å². The van der Waals surface area contributed by atoms with Crippen molar-refractivity contribution in [1.82, 2.24) is 9.38 Å². The molecule has 3 aromatic rings. The Balaban J connectivity index is 2.31. The van der Waals surface area contributed by atoms with Gasteiger partial charge in [-0.25, -0.2) is 4.98 Å². The number of imidazole rings is 1. The quantitative estimate of drug-likeness (QED) is 0.738. The van der Waals surface area contributed by atoms with E-state index < -0.39 is 11.7 Å². The summed E-state index contributed by atoms with van der Waals surface area (Å²) >= 11 is 0. The molecule has 0 aliphatic heterocycles. The normalized spacial score (nSPS) is 11.9. The van der Waals surface area contributed by atoms with Crippen molar-refractivity contribution < 1.29 is 13.2 Å². The predicted molar refractivity (Wildman–Crippen MR) is 70.0 cm³/mol. The van der Waals surface area contributed by atoms with Gasteiger partial charge in [0, 0.05) is 11.8 Å². The minimum absolute atomic E-state index is 0.184. The van der Waals surface area contributed by atoms with Crippen LogP contribution in [0.2, 0.25) is 0 Å². The van der Waals surface area contributed by atoms with Gasteiger partial charge in [-0.1, -0.05) is 30.3 Å². The zero-order chi connectivity index (χ0) is 14.3. The van der Waals surface area contributed by atoms with Crippen LogP contribution in [-0.2, 0) is 6.18 Å². The van der Waals surface area contributed by atoms with Crippen molar-refractivity contribution in [2.75, 3.05) is 5.73 Å². The molecule has 2 aromatic heterocycles. The third-order valence-electron chi connectivity index (χ3n) is 3.04. The van der Waals surface area contributed by atoms with Gasteiger partial charge in [0.05, 0.1) is 5.56 Å². The summed E-state index contributed by atoms with van der Waals surface area (Å²) in [5, 5.41) is 0. The topological polar surface area (TPSA) is 43.3 Å². The number of benzene rings is 1. The standard InChI is InChI=1S/C14H10F3N3/c15-14(16,17)10-7-4-8-20-12(18)11(19-13(10)20)9-5-2-1-3-6-9/h1-8H,18H2. The number of anilines is 1. The Kier molecular flexibility index (Phi) is 2.67. The van der Waals surface area contributed by atoms with Crippen LogP contribution < -0.4 is 5.73 Å². The molecule has 0 fully saturated rings. The summed E-state index contributed by atoms with van der Waals surface area (Å²) in [6.45, 7) is 0. The number of nitrogens with zero attached hydrogens (tertiary/aromatic N) is 2. The lowest BCUT2D eigenvalue weighted by atomic mass is 10.1. The van der Waals surface area contributed by atoms with Crippen LogP contribution in [-0.4, -0.2) is 9.38 Å². The van der Waals surface area contributed by atoms with Crippen molar-refractivity contribution in [2.24, 2.45) is 0 Å². The number of halogens is 3. The number of nitrogen functional groups attached to an aromatic ring is 1. The van der Waals surface area contributed by atoms with Crippen LogP contribution in [0.25, 0.3) is 16.9 Å². The van der Waals surface area contributed by atoms with Gasteiger partial charge in [-0.3, -0.25) is 4.40 Å². The van der Waals surface area contributed by atoms with Crippen LogP contribution in [0.1, 0.15) is 5.56 Å². The van der Waals surface area contributed by atoms with E-state index in [1.807, 2.05) is 6.07 Å². The van der Waals surface area contributed by atoms with Gasteiger partial charge in [0.2, 0.25) is 0 Å². The number of alkyl halides is 3. The fourth-order valence-electron chi connectivity index (χ4n) is 2.12. The summed E-state index contributed by atoms with van der Waals surface area (Å²) in [7, 11) is 0. The summed E-state index contributed by atoms with van der Waals surface area (Å²) in [6.07, 6.45) is -2.99. The van der Waals surface area contributed by atoms with Crippen LogP contribution in [0.4, 0.5) is 19.0 Å². The summed E-state index contributed by atoms with van der Waals surface area (Å²) in [5.41, 5.74) is 5.97. The molecule has 2 N–H and O–H groups in total. The maximum atomic E-state index is 13.0. The van der Waals surface area contributed by atoms with E-state index in [1.54, 1.807) is 24.3 Å². The Morgan fingerprint density at radius 1 is 1.00 bits per heavy atom. The molecule has 0 amide bonds. The van der Waals surface area contributed by atoms with Crippen molar-refractivity contribution in [3.8, 4) is 11.3 Å². The molecule has 2 heterocycles. The number of pyridine rings is 1. The molecule has 20 heavy (non-hydrogen) atoms. The number of nitrogens with two attached hydrogens (primary N) is 1. The van der Waals surface area contributed by atoms with Crippen molar-refractivity contribution in [3.05, 3.63) is 54.2 Å². The van der Waals surface area contributed by atoms with E-state index in [1.165, 1.54) is 16.7 Å². The highest BCUT2D eigenvalue weighted by molar-refractivity contribution is 5.76. The summed E-state index contributed by atoms with van der Waals surface area (Å²) in [5.74, 6) is 0.192. The van der Waals surface area contributed by atoms with Crippen LogP contribution in [0, 0.1) is 0 Å². The molecule has 102 valence electrons. The predicted octanol–water partition coefficient (Wildman–Crippen LogP) is 3.60. The molecular formula is C14H10F3N3. The fraction of sp³-hybridized carbons (Fsp3) is 0.0714. The summed E-state index contributed by atoms with van der Waals surface area (Å²) in [6, 6.07) is 11.2. The minimum Gasteiger partial charge on any atom is -0.383 e.